The highest BCUT2D eigenvalue weighted by atomic mass is 79.9. The SMILES string of the molecule is CC(C)NC(=O)COc1ccc(Br)cc1Br. The number of amides is 1. The Morgan fingerprint density at radius 3 is 2.69 bits per heavy atom. The minimum absolute atomic E-state index is 0.0262. The minimum atomic E-state index is -0.121. The monoisotopic (exact) mass is 349 g/mol. The van der Waals surface area contributed by atoms with Crippen LogP contribution in [0.4, 0.5) is 0 Å². The van der Waals surface area contributed by atoms with E-state index in [0.717, 1.165) is 8.95 Å². The molecule has 0 spiro atoms. The Morgan fingerprint density at radius 1 is 1.44 bits per heavy atom. The van der Waals surface area contributed by atoms with Gasteiger partial charge in [-0.3, -0.25) is 4.79 Å². The summed E-state index contributed by atoms with van der Waals surface area (Å²) in [5.41, 5.74) is 0. The first-order valence-corrected chi connectivity index (χ1v) is 6.45. The predicted molar refractivity (Wildman–Crippen MR) is 70.6 cm³/mol. The van der Waals surface area contributed by atoms with Crippen molar-refractivity contribution in [3.63, 3.8) is 0 Å². The molecule has 0 aromatic heterocycles. The van der Waals surface area contributed by atoms with Crippen LogP contribution >= 0.6 is 31.9 Å². The summed E-state index contributed by atoms with van der Waals surface area (Å²) in [5.74, 6) is 0.534. The quantitative estimate of drug-likeness (QED) is 0.906. The number of ether oxygens (including phenoxy) is 1. The van der Waals surface area contributed by atoms with Gasteiger partial charge in [-0.05, 0) is 48.0 Å². The number of benzene rings is 1. The first-order valence-electron chi connectivity index (χ1n) is 4.86. The first kappa shape index (κ1) is 13.5. The molecule has 1 aromatic carbocycles. The van der Waals surface area contributed by atoms with E-state index >= 15 is 0 Å². The molecule has 0 unspecified atom stereocenters. The van der Waals surface area contributed by atoms with Crippen molar-refractivity contribution in [1.82, 2.24) is 5.32 Å². The van der Waals surface area contributed by atoms with Crippen molar-refractivity contribution in [3.8, 4) is 5.75 Å². The third-order valence-corrected chi connectivity index (χ3v) is 2.82. The fourth-order valence-electron chi connectivity index (χ4n) is 1.10. The fourth-order valence-corrected chi connectivity index (χ4v) is 2.26. The lowest BCUT2D eigenvalue weighted by atomic mass is 10.3. The third-order valence-electron chi connectivity index (χ3n) is 1.70. The van der Waals surface area contributed by atoms with E-state index in [9.17, 15) is 4.79 Å². The van der Waals surface area contributed by atoms with Crippen LogP contribution in [0.5, 0.6) is 5.75 Å². The summed E-state index contributed by atoms with van der Waals surface area (Å²) in [6.45, 7) is 3.85. The lowest BCUT2D eigenvalue weighted by molar-refractivity contribution is -0.123. The van der Waals surface area contributed by atoms with Gasteiger partial charge in [0.05, 0.1) is 4.47 Å². The van der Waals surface area contributed by atoms with Gasteiger partial charge in [-0.1, -0.05) is 15.9 Å². The van der Waals surface area contributed by atoms with Gasteiger partial charge in [-0.15, -0.1) is 0 Å². The van der Waals surface area contributed by atoms with Crippen LogP contribution in [-0.4, -0.2) is 18.6 Å². The van der Waals surface area contributed by atoms with E-state index in [1.54, 1.807) is 6.07 Å². The highest BCUT2D eigenvalue weighted by Crippen LogP contribution is 2.27. The third kappa shape index (κ3) is 4.53. The normalized spacial score (nSPS) is 10.3. The van der Waals surface area contributed by atoms with E-state index in [-0.39, 0.29) is 18.6 Å². The summed E-state index contributed by atoms with van der Waals surface area (Å²) in [6, 6.07) is 5.66. The molecule has 0 atom stereocenters. The van der Waals surface area contributed by atoms with Crippen LogP contribution in [0.1, 0.15) is 13.8 Å². The molecule has 16 heavy (non-hydrogen) atoms. The molecule has 0 aliphatic heterocycles. The van der Waals surface area contributed by atoms with Gasteiger partial charge in [-0.2, -0.15) is 0 Å². The summed E-state index contributed by atoms with van der Waals surface area (Å²) < 4.78 is 7.15. The van der Waals surface area contributed by atoms with Crippen LogP contribution in [0, 0.1) is 0 Å². The van der Waals surface area contributed by atoms with Crippen molar-refractivity contribution in [2.24, 2.45) is 0 Å². The molecule has 5 heteroatoms. The molecule has 0 bridgehead atoms. The van der Waals surface area contributed by atoms with Gasteiger partial charge in [0.25, 0.3) is 5.91 Å². The highest BCUT2D eigenvalue weighted by molar-refractivity contribution is 9.11. The summed E-state index contributed by atoms with van der Waals surface area (Å²) >= 11 is 6.71. The Kier molecular flexibility index (Phi) is 5.28. The fraction of sp³-hybridized carbons (Fsp3) is 0.364. The zero-order chi connectivity index (χ0) is 12.1. The molecule has 0 saturated heterocycles. The van der Waals surface area contributed by atoms with Crippen molar-refractivity contribution in [2.45, 2.75) is 19.9 Å². The molecular formula is C11H13Br2NO2. The Labute approximate surface area is 112 Å². The summed E-state index contributed by atoms with van der Waals surface area (Å²) in [5, 5.41) is 2.76. The zero-order valence-electron chi connectivity index (χ0n) is 9.09. The van der Waals surface area contributed by atoms with Crippen LogP contribution in [0.2, 0.25) is 0 Å². The molecule has 0 saturated carbocycles. The van der Waals surface area contributed by atoms with Gasteiger partial charge in [0, 0.05) is 10.5 Å². The molecule has 1 aromatic rings. The van der Waals surface area contributed by atoms with Crippen molar-refractivity contribution < 1.29 is 9.53 Å². The molecule has 1 N–H and O–H groups in total. The lowest BCUT2D eigenvalue weighted by Crippen LogP contribution is -2.34. The van der Waals surface area contributed by atoms with Crippen molar-refractivity contribution in [3.05, 3.63) is 27.1 Å². The summed E-state index contributed by atoms with van der Waals surface area (Å²) in [4.78, 5) is 11.3. The van der Waals surface area contributed by atoms with Crippen LogP contribution in [0.15, 0.2) is 27.1 Å². The molecule has 0 radical (unpaired) electrons. The van der Waals surface area contributed by atoms with E-state index in [4.69, 9.17) is 4.74 Å². The zero-order valence-corrected chi connectivity index (χ0v) is 12.3. The standard InChI is InChI=1S/C11H13Br2NO2/c1-7(2)14-11(15)6-16-10-4-3-8(12)5-9(10)13/h3-5,7H,6H2,1-2H3,(H,14,15). The van der Waals surface area contributed by atoms with Gasteiger partial charge >= 0.3 is 0 Å². The largest absolute Gasteiger partial charge is 0.483 e. The Hall–Kier alpha value is -0.550. The van der Waals surface area contributed by atoms with E-state index in [2.05, 4.69) is 37.2 Å². The second kappa shape index (κ2) is 6.25. The number of hydrogen-bond acceptors (Lipinski definition) is 2. The molecule has 1 rings (SSSR count). The summed E-state index contributed by atoms with van der Waals surface area (Å²) in [7, 11) is 0. The summed E-state index contributed by atoms with van der Waals surface area (Å²) in [6.07, 6.45) is 0. The molecule has 0 aliphatic carbocycles. The second-order valence-corrected chi connectivity index (χ2v) is 5.36. The predicted octanol–water partition coefficient (Wildman–Crippen LogP) is 3.12. The van der Waals surface area contributed by atoms with Crippen molar-refractivity contribution >= 4 is 37.8 Å². The van der Waals surface area contributed by atoms with Gasteiger partial charge in [0.2, 0.25) is 0 Å². The molecule has 0 fully saturated rings. The molecule has 3 nitrogen and oxygen atoms in total. The molecule has 1 amide bonds. The highest BCUT2D eigenvalue weighted by Gasteiger charge is 2.06. The van der Waals surface area contributed by atoms with E-state index in [1.807, 2.05) is 26.0 Å². The van der Waals surface area contributed by atoms with E-state index in [1.165, 1.54) is 0 Å². The molecule has 0 aliphatic rings. The van der Waals surface area contributed by atoms with Gasteiger partial charge in [0.1, 0.15) is 5.75 Å². The second-order valence-electron chi connectivity index (χ2n) is 3.59. The van der Waals surface area contributed by atoms with Gasteiger partial charge in [0.15, 0.2) is 6.61 Å². The number of hydrogen-bond donors (Lipinski definition) is 1. The van der Waals surface area contributed by atoms with Crippen LogP contribution in [0.3, 0.4) is 0 Å². The maximum absolute atomic E-state index is 11.3. The van der Waals surface area contributed by atoms with Crippen LogP contribution < -0.4 is 10.1 Å². The van der Waals surface area contributed by atoms with Gasteiger partial charge in [-0.25, -0.2) is 0 Å². The molecular weight excluding hydrogens is 338 g/mol. The van der Waals surface area contributed by atoms with E-state index in [0.29, 0.717) is 5.75 Å². The maximum Gasteiger partial charge on any atom is 0.258 e. The molecule has 88 valence electrons. The lowest BCUT2D eigenvalue weighted by Gasteiger charge is -2.10. The number of nitrogens with one attached hydrogen (secondary N) is 1. The van der Waals surface area contributed by atoms with Crippen molar-refractivity contribution in [2.75, 3.05) is 6.61 Å². The Morgan fingerprint density at radius 2 is 2.12 bits per heavy atom. The van der Waals surface area contributed by atoms with Crippen LogP contribution in [0.25, 0.3) is 0 Å². The average molecular weight is 351 g/mol. The Balaban J connectivity index is 2.51. The average Bonchev–Trinajstić information content (AvgIpc) is 2.15. The first-order chi connectivity index (χ1) is 7.49. The Bertz CT molecular complexity index is 380. The van der Waals surface area contributed by atoms with Crippen molar-refractivity contribution in [1.29, 1.82) is 0 Å². The van der Waals surface area contributed by atoms with Gasteiger partial charge < -0.3 is 10.1 Å². The number of halogens is 2. The topological polar surface area (TPSA) is 38.3 Å². The number of rotatable bonds is 4. The number of carbonyl (C=O) groups is 1. The smallest absolute Gasteiger partial charge is 0.258 e. The maximum atomic E-state index is 11.3. The number of carbonyl (C=O) groups excluding carboxylic acids is 1. The molecule has 0 heterocycles. The minimum Gasteiger partial charge on any atom is -0.483 e. The van der Waals surface area contributed by atoms with Crippen LogP contribution in [-0.2, 0) is 4.79 Å². The van der Waals surface area contributed by atoms with E-state index < -0.39 is 0 Å².